The van der Waals surface area contributed by atoms with E-state index in [9.17, 15) is 9.59 Å². The third-order valence-electron chi connectivity index (χ3n) is 3.49. The number of hydrogen-bond acceptors (Lipinski definition) is 4. The molecule has 0 saturated carbocycles. The standard InChI is InChI=1S/C13H16N4O2/c1-3-7-8-4-10-11(5-9(8)15-12(7)19)17-13(16-10)14-6(2)18/h4-5,7,13,16-17H,3H2,1-2H3,(H,14,18)(H,15,19). The van der Waals surface area contributed by atoms with Gasteiger partial charge in [0.25, 0.3) is 0 Å². The van der Waals surface area contributed by atoms with E-state index in [4.69, 9.17) is 0 Å². The van der Waals surface area contributed by atoms with Crippen molar-refractivity contribution in [1.29, 1.82) is 0 Å². The lowest BCUT2D eigenvalue weighted by atomic mass is 9.97. The molecular weight excluding hydrogens is 244 g/mol. The van der Waals surface area contributed by atoms with E-state index in [1.54, 1.807) is 0 Å². The molecule has 0 aliphatic carbocycles. The summed E-state index contributed by atoms with van der Waals surface area (Å²) in [5.74, 6) is -0.133. The summed E-state index contributed by atoms with van der Waals surface area (Å²) in [6.07, 6.45) is 0.478. The summed E-state index contributed by atoms with van der Waals surface area (Å²) in [5.41, 5.74) is 3.67. The summed E-state index contributed by atoms with van der Waals surface area (Å²) in [4.78, 5) is 22.8. The Balaban J connectivity index is 1.89. The summed E-state index contributed by atoms with van der Waals surface area (Å²) >= 11 is 0. The molecule has 6 nitrogen and oxygen atoms in total. The summed E-state index contributed by atoms with van der Waals surface area (Å²) in [5, 5.41) is 12.0. The molecule has 0 aromatic heterocycles. The van der Waals surface area contributed by atoms with Crippen molar-refractivity contribution in [2.24, 2.45) is 0 Å². The van der Waals surface area contributed by atoms with E-state index in [1.165, 1.54) is 6.92 Å². The second-order valence-electron chi connectivity index (χ2n) is 4.86. The van der Waals surface area contributed by atoms with E-state index >= 15 is 0 Å². The minimum Gasteiger partial charge on any atom is -0.347 e. The third kappa shape index (κ3) is 1.89. The Morgan fingerprint density at radius 2 is 1.95 bits per heavy atom. The highest BCUT2D eigenvalue weighted by molar-refractivity contribution is 6.04. The SMILES string of the molecule is CCC1C(=O)Nc2cc3c(cc21)NC(NC(C)=O)N3. The summed E-state index contributed by atoms with van der Waals surface area (Å²) in [6.45, 7) is 3.47. The van der Waals surface area contributed by atoms with Crippen molar-refractivity contribution in [2.75, 3.05) is 16.0 Å². The molecule has 2 heterocycles. The van der Waals surface area contributed by atoms with Crippen molar-refractivity contribution < 1.29 is 9.59 Å². The van der Waals surface area contributed by atoms with Crippen LogP contribution in [0.5, 0.6) is 0 Å². The van der Waals surface area contributed by atoms with Crippen LogP contribution in [0, 0.1) is 0 Å². The predicted molar refractivity (Wildman–Crippen MR) is 73.0 cm³/mol. The monoisotopic (exact) mass is 260 g/mol. The summed E-state index contributed by atoms with van der Waals surface area (Å²) < 4.78 is 0. The minimum absolute atomic E-state index is 0.0552. The first kappa shape index (κ1) is 11.8. The predicted octanol–water partition coefficient (Wildman–Crippen LogP) is 1.39. The number of rotatable bonds is 2. The number of carbonyl (C=O) groups excluding carboxylic acids is 2. The van der Waals surface area contributed by atoms with Gasteiger partial charge in [0, 0.05) is 12.6 Å². The number of benzene rings is 1. The fourth-order valence-corrected chi connectivity index (χ4v) is 2.64. The minimum atomic E-state index is -0.300. The molecule has 2 amide bonds. The fraction of sp³-hybridized carbons (Fsp3) is 0.385. The normalized spacial score (nSPS) is 22.9. The van der Waals surface area contributed by atoms with Crippen LogP contribution in [0.25, 0.3) is 0 Å². The van der Waals surface area contributed by atoms with Gasteiger partial charge in [-0.25, -0.2) is 0 Å². The zero-order valence-electron chi connectivity index (χ0n) is 10.8. The van der Waals surface area contributed by atoms with E-state index in [0.29, 0.717) is 0 Å². The molecule has 0 saturated heterocycles. The van der Waals surface area contributed by atoms with E-state index in [0.717, 1.165) is 29.0 Å². The van der Waals surface area contributed by atoms with Crippen molar-refractivity contribution >= 4 is 28.9 Å². The molecule has 0 bridgehead atoms. The molecule has 3 rings (SSSR count). The zero-order chi connectivity index (χ0) is 13.6. The first-order chi connectivity index (χ1) is 9.08. The van der Waals surface area contributed by atoms with Crippen LogP contribution in [0.3, 0.4) is 0 Å². The summed E-state index contributed by atoms with van der Waals surface area (Å²) in [7, 11) is 0. The zero-order valence-corrected chi connectivity index (χ0v) is 10.8. The number of hydrogen-bond donors (Lipinski definition) is 4. The van der Waals surface area contributed by atoms with Gasteiger partial charge in [-0.05, 0) is 24.1 Å². The Hall–Kier alpha value is -2.24. The number of carbonyl (C=O) groups is 2. The number of amides is 2. The molecule has 4 N–H and O–H groups in total. The number of fused-ring (bicyclic) bond motifs is 2. The van der Waals surface area contributed by atoms with Gasteiger partial charge in [0.15, 0.2) is 6.29 Å². The maximum atomic E-state index is 11.8. The van der Waals surface area contributed by atoms with Gasteiger partial charge in [0.05, 0.1) is 17.3 Å². The van der Waals surface area contributed by atoms with Gasteiger partial charge in [-0.2, -0.15) is 0 Å². The summed E-state index contributed by atoms with van der Waals surface area (Å²) in [6, 6.07) is 3.89. The Morgan fingerprint density at radius 1 is 1.26 bits per heavy atom. The van der Waals surface area contributed by atoms with E-state index in [-0.39, 0.29) is 24.0 Å². The van der Waals surface area contributed by atoms with Crippen LogP contribution < -0.4 is 21.3 Å². The molecule has 100 valence electrons. The molecule has 19 heavy (non-hydrogen) atoms. The van der Waals surface area contributed by atoms with Crippen molar-refractivity contribution in [3.63, 3.8) is 0 Å². The highest BCUT2D eigenvalue weighted by Crippen LogP contribution is 2.41. The first-order valence-electron chi connectivity index (χ1n) is 6.37. The molecule has 1 aromatic rings. The van der Waals surface area contributed by atoms with Crippen LogP contribution in [-0.4, -0.2) is 18.1 Å². The van der Waals surface area contributed by atoms with Crippen LogP contribution in [-0.2, 0) is 9.59 Å². The molecule has 1 aromatic carbocycles. The first-order valence-corrected chi connectivity index (χ1v) is 6.37. The fourth-order valence-electron chi connectivity index (χ4n) is 2.64. The van der Waals surface area contributed by atoms with Gasteiger partial charge < -0.3 is 21.3 Å². The Bertz CT molecular complexity index is 570. The lowest BCUT2D eigenvalue weighted by Gasteiger charge is -2.12. The van der Waals surface area contributed by atoms with Gasteiger partial charge in [-0.1, -0.05) is 6.92 Å². The highest BCUT2D eigenvalue weighted by Gasteiger charge is 2.32. The molecule has 2 aliphatic rings. The lowest BCUT2D eigenvalue weighted by molar-refractivity contribution is -0.119. The third-order valence-corrected chi connectivity index (χ3v) is 3.49. The maximum Gasteiger partial charge on any atom is 0.231 e. The van der Waals surface area contributed by atoms with E-state index in [2.05, 4.69) is 21.3 Å². The second kappa shape index (κ2) is 4.15. The quantitative estimate of drug-likeness (QED) is 0.647. The Kier molecular flexibility index (Phi) is 2.58. The number of nitrogens with one attached hydrogen (secondary N) is 4. The average Bonchev–Trinajstić information content (AvgIpc) is 2.83. The van der Waals surface area contributed by atoms with Gasteiger partial charge in [0.2, 0.25) is 11.8 Å². The van der Waals surface area contributed by atoms with Crippen LogP contribution in [0.15, 0.2) is 12.1 Å². The molecule has 2 aliphatic heterocycles. The lowest BCUT2D eigenvalue weighted by Crippen LogP contribution is -2.41. The smallest absolute Gasteiger partial charge is 0.231 e. The van der Waals surface area contributed by atoms with Crippen molar-refractivity contribution in [2.45, 2.75) is 32.5 Å². The molecule has 2 atom stereocenters. The largest absolute Gasteiger partial charge is 0.347 e. The Morgan fingerprint density at radius 3 is 2.58 bits per heavy atom. The van der Waals surface area contributed by atoms with Gasteiger partial charge >= 0.3 is 0 Å². The van der Waals surface area contributed by atoms with Crippen molar-refractivity contribution in [3.8, 4) is 0 Å². The highest BCUT2D eigenvalue weighted by atomic mass is 16.2. The van der Waals surface area contributed by atoms with Crippen molar-refractivity contribution in [3.05, 3.63) is 17.7 Å². The molecule has 0 fully saturated rings. The van der Waals surface area contributed by atoms with Crippen molar-refractivity contribution in [1.82, 2.24) is 5.32 Å². The van der Waals surface area contributed by atoms with E-state index in [1.807, 2.05) is 19.1 Å². The van der Waals surface area contributed by atoms with Gasteiger partial charge in [-0.15, -0.1) is 0 Å². The average molecular weight is 260 g/mol. The topological polar surface area (TPSA) is 82.3 Å². The molecule has 0 radical (unpaired) electrons. The van der Waals surface area contributed by atoms with E-state index < -0.39 is 0 Å². The van der Waals surface area contributed by atoms with Gasteiger partial charge in [0.1, 0.15) is 0 Å². The molecule has 2 unspecified atom stereocenters. The van der Waals surface area contributed by atoms with Crippen LogP contribution in [0.2, 0.25) is 0 Å². The van der Waals surface area contributed by atoms with Crippen LogP contribution >= 0.6 is 0 Å². The molecule has 6 heteroatoms. The van der Waals surface area contributed by atoms with Crippen LogP contribution in [0.1, 0.15) is 31.7 Å². The van der Waals surface area contributed by atoms with Crippen LogP contribution in [0.4, 0.5) is 17.1 Å². The molecule has 0 spiro atoms. The van der Waals surface area contributed by atoms with Gasteiger partial charge in [-0.3, -0.25) is 9.59 Å². The Labute approximate surface area is 110 Å². The second-order valence-corrected chi connectivity index (χ2v) is 4.86. The number of anilines is 3. The maximum absolute atomic E-state index is 11.8. The molecular formula is C13H16N4O2.